The van der Waals surface area contributed by atoms with Crippen LogP contribution in [0.15, 0.2) is 30.3 Å². The quantitative estimate of drug-likeness (QED) is 0.722. The summed E-state index contributed by atoms with van der Waals surface area (Å²) in [7, 11) is 0. The Bertz CT molecular complexity index is 731. The zero-order valence-electron chi connectivity index (χ0n) is 19.4. The van der Waals surface area contributed by atoms with Crippen LogP contribution in [0.25, 0.3) is 0 Å². The van der Waals surface area contributed by atoms with E-state index in [1.54, 1.807) is 4.90 Å². The third-order valence-electron chi connectivity index (χ3n) is 6.06. The summed E-state index contributed by atoms with van der Waals surface area (Å²) in [4.78, 5) is 30.7. The number of likely N-dealkylation sites (tertiary alicyclic amines) is 1. The molecular weight excluding hydrogens is 394 g/mol. The fourth-order valence-corrected chi connectivity index (χ4v) is 4.15. The van der Waals surface area contributed by atoms with E-state index in [1.807, 2.05) is 56.0 Å². The number of carbonyl (C=O) groups is 2. The van der Waals surface area contributed by atoms with Crippen molar-refractivity contribution in [2.45, 2.75) is 52.7 Å². The lowest BCUT2D eigenvalue weighted by Crippen LogP contribution is -2.53. The van der Waals surface area contributed by atoms with E-state index < -0.39 is 5.60 Å². The average Bonchev–Trinajstić information content (AvgIpc) is 2.72. The molecule has 0 N–H and O–H groups in total. The van der Waals surface area contributed by atoms with Gasteiger partial charge in [0, 0.05) is 45.8 Å². The fraction of sp³-hybridized carbons (Fsp3) is 0.667. The molecule has 0 bridgehead atoms. The van der Waals surface area contributed by atoms with Gasteiger partial charge in [-0.25, -0.2) is 9.59 Å². The van der Waals surface area contributed by atoms with Gasteiger partial charge in [0.1, 0.15) is 12.2 Å². The van der Waals surface area contributed by atoms with Gasteiger partial charge < -0.3 is 19.3 Å². The molecule has 1 aromatic carbocycles. The van der Waals surface area contributed by atoms with Gasteiger partial charge in [0.2, 0.25) is 0 Å². The predicted molar refractivity (Wildman–Crippen MR) is 120 cm³/mol. The van der Waals surface area contributed by atoms with Crippen LogP contribution in [0.5, 0.6) is 0 Å². The third kappa shape index (κ3) is 7.13. The van der Waals surface area contributed by atoms with Gasteiger partial charge in [0.15, 0.2) is 0 Å². The molecule has 1 aromatic rings. The molecule has 7 heteroatoms. The van der Waals surface area contributed by atoms with Crippen molar-refractivity contribution in [2.24, 2.45) is 5.41 Å². The summed E-state index contributed by atoms with van der Waals surface area (Å²) in [5.74, 6) is 0. The van der Waals surface area contributed by atoms with Crippen molar-refractivity contribution in [3.63, 3.8) is 0 Å². The molecule has 31 heavy (non-hydrogen) atoms. The van der Waals surface area contributed by atoms with Crippen LogP contribution in [0.2, 0.25) is 0 Å². The van der Waals surface area contributed by atoms with Gasteiger partial charge in [-0.1, -0.05) is 37.3 Å². The molecule has 2 aliphatic heterocycles. The summed E-state index contributed by atoms with van der Waals surface area (Å²) in [5.41, 5.74) is 0.717. The number of benzene rings is 1. The van der Waals surface area contributed by atoms with E-state index in [-0.39, 0.29) is 17.6 Å². The molecule has 0 saturated carbocycles. The molecule has 172 valence electrons. The Balaban J connectivity index is 1.38. The van der Waals surface area contributed by atoms with Crippen molar-refractivity contribution in [3.8, 4) is 0 Å². The molecule has 2 heterocycles. The molecule has 3 rings (SSSR count). The van der Waals surface area contributed by atoms with E-state index in [2.05, 4.69) is 11.8 Å². The Morgan fingerprint density at radius 2 is 1.48 bits per heavy atom. The van der Waals surface area contributed by atoms with Crippen LogP contribution in [-0.2, 0) is 16.1 Å². The number of piperazine rings is 1. The summed E-state index contributed by atoms with van der Waals surface area (Å²) in [5, 5.41) is 0. The highest BCUT2D eigenvalue weighted by Crippen LogP contribution is 2.32. The number of ether oxygens (including phenoxy) is 2. The SMILES string of the molecule is CC1(CN2CCN(C(=O)OCc3ccccc3)CC2)CCN(C(=O)OC(C)(C)C)CC1. The maximum atomic E-state index is 12.4. The largest absolute Gasteiger partial charge is 0.445 e. The molecule has 0 unspecified atom stereocenters. The Kier molecular flexibility index (Phi) is 7.46. The van der Waals surface area contributed by atoms with Crippen LogP contribution in [-0.4, -0.2) is 78.3 Å². The summed E-state index contributed by atoms with van der Waals surface area (Å²) in [6.45, 7) is 13.9. The molecule has 0 spiro atoms. The lowest BCUT2D eigenvalue weighted by atomic mass is 9.80. The third-order valence-corrected chi connectivity index (χ3v) is 6.06. The summed E-state index contributed by atoms with van der Waals surface area (Å²) < 4.78 is 11.0. The second kappa shape index (κ2) is 9.90. The lowest BCUT2D eigenvalue weighted by molar-refractivity contribution is 0.00437. The molecule has 2 amide bonds. The van der Waals surface area contributed by atoms with Crippen molar-refractivity contribution >= 4 is 12.2 Å². The molecule has 7 nitrogen and oxygen atoms in total. The summed E-state index contributed by atoms with van der Waals surface area (Å²) in [6, 6.07) is 9.76. The number of rotatable bonds is 4. The molecule has 0 radical (unpaired) electrons. The first-order valence-electron chi connectivity index (χ1n) is 11.3. The highest BCUT2D eigenvalue weighted by Gasteiger charge is 2.36. The average molecular weight is 432 g/mol. The molecular formula is C24H37N3O4. The fourth-order valence-electron chi connectivity index (χ4n) is 4.15. The first-order valence-corrected chi connectivity index (χ1v) is 11.3. The topological polar surface area (TPSA) is 62.3 Å². The van der Waals surface area contributed by atoms with Gasteiger partial charge in [-0.2, -0.15) is 0 Å². The minimum atomic E-state index is -0.459. The van der Waals surface area contributed by atoms with Crippen LogP contribution < -0.4 is 0 Å². The number of piperidine rings is 1. The minimum absolute atomic E-state index is 0.175. The van der Waals surface area contributed by atoms with Crippen LogP contribution in [0.4, 0.5) is 9.59 Å². The second-order valence-electron chi connectivity index (χ2n) is 10.1. The Morgan fingerprint density at radius 1 is 0.903 bits per heavy atom. The molecule has 0 aliphatic carbocycles. The van der Waals surface area contributed by atoms with Crippen molar-refractivity contribution in [2.75, 3.05) is 45.8 Å². The highest BCUT2D eigenvalue weighted by atomic mass is 16.6. The Labute approximate surface area is 186 Å². The smallest absolute Gasteiger partial charge is 0.410 e. The van der Waals surface area contributed by atoms with E-state index in [4.69, 9.17) is 9.47 Å². The van der Waals surface area contributed by atoms with Crippen LogP contribution in [0, 0.1) is 5.41 Å². The van der Waals surface area contributed by atoms with E-state index in [0.717, 1.165) is 51.1 Å². The predicted octanol–water partition coefficient (Wildman–Crippen LogP) is 3.98. The van der Waals surface area contributed by atoms with Crippen molar-refractivity contribution < 1.29 is 19.1 Å². The van der Waals surface area contributed by atoms with Crippen LogP contribution in [0.1, 0.15) is 46.1 Å². The maximum Gasteiger partial charge on any atom is 0.410 e. The second-order valence-corrected chi connectivity index (χ2v) is 10.1. The molecule has 2 aliphatic rings. The van der Waals surface area contributed by atoms with E-state index >= 15 is 0 Å². The molecule has 0 aromatic heterocycles. The first kappa shape index (κ1) is 23.4. The Morgan fingerprint density at radius 3 is 2.06 bits per heavy atom. The number of carbonyl (C=O) groups excluding carboxylic acids is 2. The number of amides is 2. The minimum Gasteiger partial charge on any atom is -0.445 e. The van der Waals surface area contributed by atoms with E-state index in [1.165, 1.54) is 0 Å². The van der Waals surface area contributed by atoms with Gasteiger partial charge in [0.05, 0.1) is 0 Å². The van der Waals surface area contributed by atoms with Gasteiger partial charge in [-0.15, -0.1) is 0 Å². The molecule has 2 saturated heterocycles. The van der Waals surface area contributed by atoms with Crippen molar-refractivity contribution in [1.29, 1.82) is 0 Å². The number of hydrogen-bond acceptors (Lipinski definition) is 5. The lowest BCUT2D eigenvalue weighted by Gasteiger charge is -2.44. The van der Waals surface area contributed by atoms with Crippen molar-refractivity contribution in [3.05, 3.63) is 35.9 Å². The molecule has 0 atom stereocenters. The zero-order chi connectivity index (χ0) is 22.5. The van der Waals surface area contributed by atoms with Gasteiger partial charge in [-0.05, 0) is 44.6 Å². The monoisotopic (exact) mass is 431 g/mol. The number of hydrogen-bond donors (Lipinski definition) is 0. The summed E-state index contributed by atoms with van der Waals surface area (Å²) in [6.07, 6.45) is 1.48. The number of nitrogens with zero attached hydrogens (tertiary/aromatic N) is 3. The first-order chi connectivity index (χ1) is 14.6. The highest BCUT2D eigenvalue weighted by molar-refractivity contribution is 5.68. The van der Waals surface area contributed by atoms with E-state index in [9.17, 15) is 9.59 Å². The van der Waals surface area contributed by atoms with Gasteiger partial charge in [0.25, 0.3) is 0 Å². The van der Waals surface area contributed by atoms with E-state index in [0.29, 0.717) is 19.7 Å². The Hall–Kier alpha value is -2.28. The summed E-state index contributed by atoms with van der Waals surface area (Å²) >= 11 is 0. The van der Waals surface area contributed by atoms with Gasteiger partial charge >= 0.3 is 12.2 Å². The molecule has 2 fully saturated rings. The standard InChI is InChI=1S/C24H37N3O4/c1-23(2,3)31-22(29)26-12-10-24(4,11-13-26)19-25-14-16-27(17-15-25)21(28)30-18-20-8-6-5-7-9-20/h5-9H,10-19H2,1-4H3. The van der Waals surface area contributed by atoms with Crippen molar-refractivity contribution in [1.82, 2.24) is 14.7 Å². The normalized spacial score (nSPS) is 19.7. The van der Waals surface area contributed by atoms with Gasteiger partial charge in [-0.3, -0.25) is 4.90 Å². The van der Waals surface area contributed by atoms with Crippen LogP contribution in [0.3, 0.4) is 0 Å². The maximum absolute atomic E-state index is 12.4. The zero-order valence-corrected chi connectivity index (χ0v) is 19.4. The van der Waals surface area contributed by atoms with Crippen LogP contribution >= 0.6 is 0 Å².